The van der Waals surface area contributed by atoms with Crippen molar-refractivity contribution in [3.8, 4) is 5.75 Å². The van der Waals surface area contributed by atoms with Crippen LogP contribution in [0.5, 0.6) is 5.75 Å². The van der Waals surface area contributed by atoms with Gasteiger partial charge < -0.3 is 15.2 Å². The van der Waals surface area contributed by atoms with Crippen molar-refractivity contribution in [3.63, 3.8) is 0 Å². The van der Waals surface area contributed by atoms with Crippen molar-refractivity contribution in [3.05, 3.63) is 69.9 Å². The minimum absolute atomic E-state index is 0.0490. The van der Waals surface area contributed by atoms with Gasteiger partial charge in [0, 0.05) is 22.6 Å². The van der Waals surface area contributed by atoms with Gasteiger partial charge in [0.25, 0.3) is 0 Å². The first-order valence-corrected chi connectivity index (χ1v) is 11.3. The van der Waals surface area contributed by atoms with Crippen molar-refractivity contribution in [2.45, 2.75) is 22.1 Å². The summed E-state index contributed by atoms with van der Waals surface area (Å²) in [4.78, 5) is 24.3. The van der Waals surface area contributed by atoms with Gasteiger partial charge in [-0.2, -0.15) is 0 Å². The predicted octanol–water partition coefficient (Wildman–Crippen LogP) is 3.76. The van der Waals surface area contributed by atoms with Gasteiger partial charge in [-0.1, -0.05) is 12.1 Å². The molecule has 1 unspecified atom stereocenters. The number of nitrogens with one attached hydrogen (secondary N) is 1. The zero-order chi connectivity index (χ0) is 21.5. The number of carbonyl (C=O) groups is 2. The summed E-state index contributed by atoms with van der Waals surface area (Å²) in [6, 6.07) is 12.3. The number of amides is 1. The Balaban J connectivity index is 1.76. The van der Waals surface area contributed by atoms with Crippen molar-refractivity contribution in [2.75, 3.05) is 12.4 Å². The molecule has 9 heteroatoms. The Morgan fingerprint density at radius 2 is 1.80 bits per heavy atom. The SMILES string of the molecule is COc1ccc(S(=O)(=O)c2csc3c2NC(=O)CC3c2ccc(C(=O)O)cc2)cc1. The second-order valence-electron chi connectivity index (χ2n) is 6.75. The van der Waals surface area contributed by atoms with Gasteiger partial charge in [-0.25, -0.2) is 13.2 Å². The predicted molar refractivity (Wildman–Crippen MR) is 111 cm³/mol. The smallest absolute Gasteiger partial charge is 0.335 e. The molecule has 154 valence electrons. The highest BCUT2D eigenvalue weighted by Gasteiger charge is 2.34. The fourth-order valence-corrected chi connectivity index (χ4v) is 6.32. The molecular weight excluding hydrogens is 426 g/mol. The van der Waals surface area contributed by atoms with Crippen LogP contribution in [0.2, 0.25) is 0 Å². The fourth-order valence-electron chi connectivity index (χ4n) is 3.41. The maximum atomic E-state index is 13.2. The van der Waals surface area contributed by atoms with Crippen LogP contribution >= 0.6 is 11.3 Å². The van der Waals surface area contributed by atoms with Crippen molar-refractivity contribution in [1.82, 2.24) is 0 Å². The van der Waals surface area contributed by atoms with Gasteiger partial charge in [0.2, 0.25) is 15.7 Å². The van der Waals surface area contributed by atoms with E-state index in [0.717, 1.165) is 10.4 Å². The Hall–Kier alpha value is -3.17. The van der Waals surface area contributed by atoms with Gasteiger partial charge in [0.1, 0.15) is 10.6 Å². The third-order valence-corrected chi connectivity index (χ3v) is 8.01. The molecule has 0 saturated heterocycles. The first-order valence-electron chi connectivity index (χ1n) is 8.95. The van der Waals surface area contributed by atoms with Gasteiger partial charge in [-0.15, -0.1) is 11.3 Å². The van der Waals surface area contributed by atoms with Crippen LogP contribution in [0, 0.1) is 0 Å². The van der Waals surface area contributed by atoms with Crippen LogP contribution in [-0.2, 0) is 14.6 Å². The summed E-state index contributed by atoms with van der Waals surface area (Å²) in [5.74, 6) is -1.13. The maximum absolute atomic E-state index is 13.2. The van der Waals surface area contributed by atoms with E-state index >= 15 is 0 Å². The number of hydrogen-bond donors (Lipinski definition) is 2. The molecule has 1 aliphatic heterocycles. The van der Waals surface area contributed by atoms with Crippen molar-refractivity contribution in [2.24, 2.45) is 0 Å². The molecule has 0 saturated carbocycles. The average molecular weight is 444 g/mol. The topological polar surface area (TPSA) is 110 Å². The molecule has 0 spiro atoms. The molecule has 0 aliphatic carbocycles. The van der Waals surface area contributed by atoms with E-state index in [0.29, 0.717) is 11.4 Å². The Labute approximate surface area is 176 Å². The third kappa shape index (κ3) is 3.46. The molecule has 1 amide bonds. The number of carboxylic acids is 1. The zero-order valence-corrected chi connectivity index (χ0v) is 17.4. The number of aromatic carboxylic acids is 1. The third-order valence-electron chi connectivity index (χ3n) is 4.98. The summed E-state index contributed by atoms with van der Waals surface area (Å²) < 4.78 is 31.4. The minimum Gasteiger partial charge on any atom is -0.497 e. The summed E-state index contributed by atoms with van der Waals surface area (Å²) >= 11 is 1.26. The van der Waals surface area contributed by atoms with E-state index in [9.17, 15) is 18.0 Å². The number of carboxylic acid groups (broad SMARTS) is 1. The number of sulfone groups is 1. The second-order valence-corrected chi connectivity index (χ2v) is 9.58. The average Bonchev–Trinajstić information content (AvgIpc) is 3.17. The summed E-state index contributed by atoms with van der Waals surface area (Å²) in [6.45, 7) is 0. The highest BCUT2D eigenvalue weighted by molar-refractivity contribution is 7.91. The Bertz CT molecular complexity index is 1230. The Morgan fingerprint density at radius 1 is 1.13 bits per heavy atom. The second kappa shape index (κ2) is 7.58. The number of rotatable bonds is 5. The number of benzene rings is 2. The molecular formula is C21H17NO6S2. The van der Waals surface area contributed by atoms with Crippen LogP contribution < -0.4 is 10.1 Å². The van der Waals surface area contributed by atoms with Crippen molar-refractivity contribution < 1.29 is 27.9 Å². The van der Waals surface area contributed by atoms with E-state index in [2.05, 4.69) is 5.32 Å². The molecule has 3 aromatic rings. The molecule has 1 aromatic heterocycles. The molecule has 2 N–H and O–H groups in total. The quantitative estimate of drug-likeness (QED) is 0.621. The van der Waals surface area contributed by atoms with Crippen molar-refractivity contribution in [1.29, 1.82) is 0 Å². The van der Waals surface area contributed by atoms with Gasteiger partial charge in [0.15, 0.2) is 0 Å². The number of carbonyl (C=O) groups excluding carboxylic acids is 1. The molecule has 2 aromatic carbocycles. The van der Waals surface area contributed by atoms with Gasteiger partial charge in [-0.05, 0) is 42.0 Å². The summed E-state index contributed by atoms with van der Waals surface area (Å²) in [5, 5.41) is 13.3. The molecule has 7 nitrogen and oxygen atoms in total. The van der Waals surface area contributed by atoms with Crippen LogP contribution in [0.4, 0.5) is 5.69 Å². The lowest BCUT2D eigenvalue weighted by Crippen LogP contribution is -2.23. The van der Waals surface area contributed by atoms with Gasteiger partial charge >= 0.3 is 5.97 Å². The number of fused-ring (bicyclic) bond motifs is 1. The molecule has 4 rings (SSSR count). The number of methoxy groups -OCH3 is 1. The minimum atomic E-state index is -3.85. The summed E-state index contributed by atoms with van der Waals surface area (Å²) in [5.41, 5.74) is 1.19. The molecule has 1 atom stereocenters. The molecule has 2 heterocycles. The lowest BCUT2D eigenvalue weighted by Gasteiger charge is -2.24. The summed E-state index contributed by atoms with van der Waals surface area (Å²) in [7, 11) is -2.35. The van der Waals surface area contributed by atoms with E-state index < -0.39 is 15.8 Å². The Morgan fingerprint density at radius 3 is 2.40 bits per heavy atom. The number of anilines is 1. The highest BCUT2D eigenvalue weighted by atomic mass is 32.2. The largest absolute Gasteiger partial charge is 0.497 e. The van der Waals surface area contributed by atoms with Crippen LogP contribution in [0.15, 0.2) is 63.7 Å². The number of thiophene rings is 1. The van der Waals surface area contributed by atoms with E-state index in [4.69, 9.17) is 9.84 Å². The van der Waals surface area contributed by atoms with Crippen LogP contribution in [0.25, 0.3) is 0 Å². The van der Waals surface area contributed by atoms with E-state index in [1.165, 1.54) is 48.1 Å². The molecule has 30 heavy (non-hydrogen) atoms. The first kappa shape index (κ1) is 20.1. The van der Waals surface area contributed by atoms with Crippen LogP contribution in [0.3, 0.4) is 0 Å². The molecule has 1 aliphatic rings. The molecule has 0 radical (unpaired) electrons. The Kier molecular flexibility index (Phi) is 5.08. The molecule has 0 fully saturated rings. The van der Waals surface area contributed by atoms with E-state index in [-0.39, 0.29) is 33.6 Å². The number of ether oxygens (including phenoxy) is 1. The van der Waals surface area contributed by atoms with E-state index in [1.54, 1.807) is 24.3 Å². The summed E-state index contributed by atoms with van der Waals surface area (Å²) in [6.07, 6.45) is 0.155. The first-order chi connectivity index (χ1) is 14.3. The lowest BCUT2D eigenvalue weighted by atomic mass is 9.90. The molecule has 0 bridgehead atoms. The maximum Gasteiger partial charge on any atom is 0.335 e. The zero-order valence-electron chi connectivity index (χ0n) is 15.8. The van der Waals surface area contributed by atoms with Crippen LogP contribution in [0.1, 0.15) is 33.1 Å². The number of hydrogen-bond acceptors (Lipinski definition) is 6. The van der Waals surface area contributed by atoms with Crippen molar-refractivity contribution >= 4 is 38.7 Å². The fraction of sp³-hybridized carbons (Fsp3) is 0.143. The van der Waals surface area contributed by atoms with E-state index in [1.807, 2.05) is 0 Å². The monoisotopic (exact) mass is 443 g/mol. The standard InChI is InChI=1S/C21H17NO6S2/c1-28-14-6-8-15(9-7-14)30(26,27)17-11-29-20-16(10-18(23)22-19(17)20)12-2-4-13(5-3-12)21(24)25/h2-9,11,16H,10H2,1H3,(H,22,23)(H,24,25). The normalized spacial score (nSPS) is 15.9. The lowest BCUT2D eigenvalue weighted by molar-refractivity contribution is -0.116. The van der Waals surface area contributed by atoms with Crippen LogP contribution in [-0.4, -0.2) is 32.5 Å². The van der Waals surface area contributed by atoms with Gasteiger partial charge in [0.05, 0.1) is 23.3 Å². The highest BCUT2D eigenvalue weighted by Crippen LogP contribution is 2.45. The van der Waals surface area contributed by atoms with Gasteiger partial charge in [-0.3, -0.25) is 4.79 Å².